The molecule has 7 nitrogen and oxygen atoms in total. The van der Waals surface area contributed by atoms with Gasteiger partial charge in [0.1, 0.15) is 17.5 Å². The van der Waals surface area contributed by atoms with Crippen LogP contribution < -0.4 is 19.5 Å². The molecule has 0 fully saturated rings. The highest BCUT2D eigenvalue weighted by Gasteiger charge is 2.27. The fourth-order valence-electron chi connectivity index (χ4n) is 3.02. The molecule has 0 saturated carbocycles. The van der Waals surface area contributed by atoms with Crippen LogP contribution in [0.2, 0.25) is 0 Å². The number of sulfonamides is 1. The maximum atomic E-state index is 13.0. The number of amides is 1. The Bertz CT molecular complexity index is 978. The molecule has 0 aliphatic rings. The molecule has 0 saturated heterocycles. The lowest BCUT2D eigenvalue weighted by Crippen LogP contribution is -2.47. The molecule has 2 aromatic carbocycles. The van der Waals surface area contributed by atoms with Gasteiger partial charge in [0.25, 0.3) is 0 Å². The molecule has 2 aromatic rings. The second-order valence-electron chi connectivity index (χ2n) is 7.11. The van der Waals surface area contributed by atoms with E-state index in [0.29, 0.717) is 23.7 Å². The standard InChI is InChI=1S/C22H30N2O5S2/c1-15-6-9-18(10-7-15)31(26,27)24-20(12-13-30-5)22(25)23-16(2)19-14-17(28-3)8-11-21(19)29-4/h6-11,14,16,20,24H,12-13H2,1-5H3,(H,23,25). The molecular weight excluding hydrogens is 436 g/mol. The first-order valence-corrected chi connectivity index (χ1v) is 12.7. The van der Waals surface area contributed by atoms with Crippen molar-refractivity contribution in [3.8, 4) is 11.5 Å². The van der Waals surface area contributed by atoms with Gasteiger partial charge in [-0.2, -0.15) is 16.5 Å². The monoisotopic (exact) mass is 466 g/mol. The lowest BCUT2D eigenvalue weighted by Gasteiger charge is -2.23. The molecule has 0 aliphatic carbocycles. The van der Waals surface area contributed by atoms with Crippen molar-refractivity contribution in [3.05, 3.63) is 53.6 Å². The second-order valence-corrected chi connectivity index (χ2v) is 9.81. The summed E-state index contributed by atoms with van der Waals surface area (Å²) in [6.07, 6.45) is 2.27. The number of carbonyl (C=O) groups is 1. The third kappa shape index (κ3) is 6.88. The van der Waals surface area contributed by atoms with Gasteiger partial charge in [-0.05, 0) is 62.6 Å². The fourth-order valence-corrected chi connectivity index (χ4v) is 4.72. The Kier molecular flexibility index (Phi) is 9.21. The quantitative estimate of drug-likeness (QED) is 0.528. The first kappa shape index (κ1) is 25.0. The fraction of sp³-hybridized carbons (Fsp3) is 0.409. The topological polar surface area (TPSA) is 93.7 Å². The molecule has 0 spiro atoms. The first-order chi connectivity index (χ1) is 14.7. The Balaban J connectivity index is 2.22. The molecule has 0 heterocycles. The van der Waals surface area contributed by atoms with Crippen LogP contribution in [0.4, 0.5) is 0 Å². The van der Waals surface area contributed by atoms with Gasteiger partial charge in [0.05, 0.1) is 25.2 Å². The number of hydrogen-bond donors (Lipinski definition) is 2. The minimum absolute atomic E-state index is 0.127. The molecule has 0 radical (unpaired) electrons. The summed E-state index contributed by atoms with van der Waals surface area (Å²) >= 11 is 1.55. The zero-order chi connectivity index (χ0) is 23.0. The number of carbonyl (C=O) groups excluding carboxylic acids is 1. The van der Waals surface area contributed by atoms with Crippen LogP contribution in [-0.4, -0.2) is 46.6 Å². The summed E-state index contributed by atoms with van der Waals surface area (Å²) in [5.41, 5.74) is 1.69. The van der Waals surface area contributed by atoms with Gasteiger partial charge in [0.2, 0.25) is 15.9 Å². The molecule has 2 atom stereocenters. The molecular formula is C22H30N2O5S2. The van der Waals surface area contributed by atoms with Crippen molar-refractivity contribution in [2.45, 2.75) is 37.2 Å². The molecule has 0 aromatic heterocycles. The maximum absolute atomic E-state index is 13.0. The van der Waals surface area contributed by atoms with Crippen molar-refractivity contribution in [1.29, 1.82) is 0 Å². The minimum atomic E-state index is -3.84. The summed E-state index contributed by atoms with van der Waals surface area (Å²) in [6, 6.07) is 10.5. The summed E-state index contributed by atoms with van der Waals surface area (Å²) in [7, 11) is -0.725. The van der Waals surface area contributed by atoms with Crippen LogP contribution in [0.1, 0.15) is 30.5 Å². The number of methoxy groups -OCH3 is 2. The van der Waals surface area contributed by atoms with Crippen LogP contribution in [-0.2, 0) is 14.8 Å². The van der Waals surface area contributed by atoms with Gasteiger partial charge in [-0.25, -0.2) is 8.42 Å². The Morgan fingerprint density at radius 3 is 2.35 bits per heavy atom. The molecule has 31 heavy (non-hydrogen) atoms. The van der Waals surface area contributed by atoms with Crippen LogP contribution in [0.15, 0.2) is 47.4 Å². The zero-order valence-electron chi connectivity index (χ0n) is 18.5. The predicted octanol–water partition coefficient (Wildman–Crippen LogP) is 3.29. The molecule has 9 heteroatoms. The SMILES string of the molecule is COc1ccc(OC)c(C(C)NC(=O)C(CCSC)NS(=O)(=O)c2ccc(C)cc2)c1. The van der Waals surface area contributed by atoms with Crippen molar-refractivity contribution in [1.82, 2.24) is 10.0 Å². The molecule has 0 aliphatic heterocycles. The molecule has 2 rings (SSSR count). The smallest absolute Gasteiger partial charge is 0.241 e. The van der Waals surface area contributed by atoms with Gasteiger partial charge in [-0.15, -0.1) is 0 Å². The lowest BCUT2D eigenvalue weighted by molar-refractivity contribution is -0.123. The average Bonchev–Trinajstić information content (AvgIpc) is 2.76. The van der Waals surface area contributed by atoms with Crippen molar-refractivity contribution in [3.63, 3.8) is 0 Å². The van der Waals surface area contributed by atoms with Crippen molar-refractivity contribution in [2.75, 3.05) is 26.2 Å². The summed E-state index contributed by atoms with van der Waals surface area (Å²) in [4.78, 5) is 13.2. The molecule has 2 N–H and O–H groups in total. The van der Waals surface area contributed by atoms with Gasteiger partial charge in [-0.1, -0.05) is 17.7 Å². The van der Waals surface area contributed by atoms with E-state index < -0.39 is 28.0 Å². The number of rotatable bonds is 11. The van der Waals surface area contributed by atoms with E-state index in [0.717, 1.165) is 11.1 Å². The third-order valence-electron chi connectivity index (χ3n) is 4.82. The van der Waals surface area contributed by atoms with E-state index in [-0.39, 0.29) is 4.90 Å². The van der Waals surface area contributed by atoms with E-state index in [1.54, 1.807) is 56.3 Å². The average molecular weight is 467 g/mol. The number of benzene rings is 2. The van der Waals surface area contributed by atoms with E-state index >= 15 is 0 Å². The maximum Gasteiger partial charge on any atom is 0.241 e. The normalized spacial score (nSPS) is 13.3. The number of aryl methyl sites for hydroxylation is 1. The number of nitrogens with one attached hydrogen (secondary N) is 2. The zero-order valence-corrected chi connectivity index (χ0v) is 20.1. The van der Waals surface area contributed by atoms with Gasteiger partial charge in [0, 0.05) is 5.56 Å². The van der Waals surface area contributed by atoms with Gasteiger partial charge < -0.3 is 14.8 Å². The number of hydrogen-bond acceptors (Lipinski definition) is 6. The Labute approximate surface area is 189 Å². The highest BCUT2D eigenvalue weighted by atomic mass is 32.2. The highest BCUT2D eigenvalue weighted by molar-refractivity contribution is 7.98. The molecule has 0 bridgehead atoms. The minimum Gasteiger partial charge on any atom is -0.497 e. The van der Waals surface area contributed by atoms with Crippen LogP contribution in [0.3, 0.4) is 0 Å². The van der Waals surface area contributed by atoms with E-state index in [9.17, 15) is 13.2 Å². The predicted molar refractivity (Wildman–Crippen MR) is 124 cm³/mol. The van der Waals surface area contributed by atoms with Crippen LogP contribution in [0.25, 0.3) is 0 Å². The van der Waals surface area contributed by atoms with Crippen molar-refractivity contribution in [2.24, 2.45) is 0 Å². The number of thioether (sulfide) groups is 1. The van der Waals surface area contributed by atoms with E-state index in [1.807, 2.05) is 20.1 Å². The van der Waals surface area contributed by atoms with Gasteiger partial charge in [0.15, 0.2) is 0 Å². The highest BCUT2D eigenvalue weighted by Crippen LogP contribution is 2.29. The Hall–Kier alpha value is -2.23. The first-order valence-electron chi connectivity index (χ1n) is 9.82. The van der Waals surface area contributed by atoms with E-state index in [2.05, 4.69) is 10.0 Å². The van der Waals surface area contributed by atoms with E-state index in [1.165, 1.54) is 12.1 Å². The summed E-state index contributed by atoms with van der Waals surface area (Å²) in [5, 5.41) is 2.90. The second kappa shape index (κ2) is 11.4. The largest absolute Gasteiger partial charge is 0.497 e. The number of ether oxygens (including phenoxy) is 2. The van der Waals surface area contributed by atoms with Crippen molar-refractivity contribution >= 4 is 27.7 Å². The summed E-state index contributed by atoms with van der Waals surface area (Å²) in [6.45, 7) is 3.70. The lowest BCUT2D eigenvalue weighted by atomic mass is 10.1. The summed E-state index contributed by atoms with van der Waals surface area (Å²) < 4.78 is 38.9. The van der Waals surface area contributed by atoms with Gasteiger partial charge in [-0.3, -0.25) is 4.79 Å². The molecule has 1 amide bonds. The van der Waals surface area contributed by atoms with Crippen LogP contribution >= 0.6 is 11.8 Å². The van der Waals surface area contributed by atoms with Crippen LogP contribution in [0, 0.1) is 6.92 Å². The van der Waals surface area contributed by atoms with Crippen molar-refractivity contribution < 1.29 is 22.7 Å². The Morgan fingerprint density at radius 1 is 1.10 bits per heavy atom. The Morgan fingerprint density at radius 2 is 1.77 bits per heavy atom. The summed E-state index contributed by atoms with van der Waals surface area (Å²) in [5.74, 6) is 1.47. The van der Waals surface area contributed by atoms with Gasteiger partial charge >= 0.3 is 0 Å². The van der Waals surface area contributed by atoms with Crippen LogP contribution in [0.5, 0.6) is 11.5 Å². The molecule has 170 valence electrons. The van der Waals surface area contributed by atoms with E-state index in [4.69, 9.17) is 9.47 Å². The molecule has 2 unspecified atom stereocenters. The third-order valence-corrected chi connectivity index (χ3v) is 6.95.